The summed E-state index contributed by atoms with van der Waals surface area (Å²) >= 11 is 1.76. The predicted molar refractivity (Wildman–Crippen MR) is 616 cm³/mol. The van der Waals surface area contributed by atoms with Crippen LogP contribution in [-0.4, -0.2) is 64.8 Å². The summed E-state index contributed by atoms with van der Waals surface area (Å²) in [6.07, 6.45) is 15.0. The number of rotatable bonds is 13. The van der Waals surface area contributed by atoms with Crippen molar-refractivity contribution in [3.63, 3.8) is 0 Å². The van der Waals surface area contributed by atoms with E-state index < -0.39 is 0 Å². The molecule has 0 radical (unpaired) electrons. The Morgan fingerprint density at radius 2 is 0.463 bits per heavy atom. The minimum Gasteiger partial charge on any atom is -0.265 e. The van der Waals surface area contributed by atoms with Crippen molar-refractivity contribution in [1.82, 2.24) is 64.8 Å². The Morgan fingerprint density at radius 3 is 0.899 bits per heavy atom. The fourth-order valence-electron chi connectivity index (χ4n) is 20.1. The molecule has 0 saturated heterocycles. The molecule has 0 atom stereocenters. The van der Waals surface area contributed by atoms with E-state index in [0.29, 0.717) is 0 Å². The molecule has 0 aliphatic heterocycles. The summed E-state index contributed by atoms with van der Waals surface area (Å²) in [5.74, 6) is 1.45. The van der Waals surface area contributed by atoms with Gasteiger partial charge in [0.05, 0.1) is 83.0 Å². The molecule has 29 aromatic rings. The molecule has 0 bridgehead atoms. The first-order valence-corrected chi connectivity index (χ1v) is 50.4. The van der Waals surface area contributed by atoms with E-state index in [2.05, 4.69) is 368 Å². The van der Waals surface area contributed by atoms with Crippen LogP contribution in [0.25, 0.3) is 275 Å². The normalized spacial score (nSPS) is 11.4. The van der Waals surface area contributed by atoms with Crippen molar-refractivity contribution < 1.29 is 0 Å². The fourth-order valence-corrected chi connectivity index (χ4v) is 21.3. The van der Waals surface area contributed by atoms with Gasteiger partial charge in [-0.25, -0.2) is 34.9 Å². The summed E-state index contributed by atoms with van der Waals surface area (Å²) in [6, 6.07) is 162. The van der Waals surface area contributed by atoms with Crippen molar-refractivity contribution in [3.05, 3.63) is 517 Å². The van der Waals surface area contributed by atoms with Gasteiger partial charge in [-0.3, -0.25) is 29.9 Å². The molecule has 149 heavy (non-hydrogen) atoms. The summed E-state index contributed by atoms with van der Waals surface area (Å²) < 4.78 is 2.34. The van der Waals surface area contributed by atoms with Crippen LogP contribution in [0.5, 0.6) is 0 Å². The van der Waals surface area contributed by atoms with Crippen LogP contribution in [0, 0.1) is 0 Å². The van der Waals surface area contributed by atoms with Crippen LogP contribution in [0.2, 0.25) is 0 Å². The lowest BCUT2D eigenvalue weighted by molar-refractivity contribution is 1.23. The number of nitrogens with zero attached hydrogens (tertiary/aromatic N) is 13. The van der Waals surface area contributed by atoms with Gasteiger partial charge in [0.25, 0.3) is 0 Å². The molecule has 29 rings (SSSR count). The summed E-state index contributed by atoms with van der Waals surface area (Å²) in [5, 5.41) is 16.4. The molecular weight excluding hydrogens is 1840 g/mol. The maximum Gasteiger partial charge on any atom is 0.160 e. The highest BCUT2D eigenvalue weighted by molar-refractivity contribution is 7.26. The first-order chi connectivity index (χ1) is 73.8. The number of thiophene rings is 1. The Morgan fingerprint density at radius 1 is 0.154 bits per heavy atom. The Labute approximate surface area is 861 Å². The molecule has 696 valence electrons. The number of pyridine rings is 7. The topological polar surface area (TPSA) is 168 Å². The van der Waals surface area contributed by atoms with Crippen LogP contribution in [0.4, 0.5) is 0 Å². The van der Waals surface area contributed by atoms with Gasteiger partial charge in [-0.2, -0.15) is 0 Å². The molecule has 18 aromatic carbocycles. The quantitative estimate of drug-likeness (QED) is 0.100. The summed E-state index contributed by atoms with van der Waals surface area (Å²) in [5.41, 5.74) is 32.8. The Bertz CT molecular complexity index is 10100. The summed E-state index contributed by atoms with van der Waals surface area (Å²) in [7, 11) is 0. The van der Waals surface area contributed by atoms with Crippen LogP contribution in [-0.2, 0) is 0 Å². The van der Waals surface area contributed by atoms with Gasteiger partial charge in [-0.15, -0.1) is 11.3 Å². The molecule has 11 heterocycles. The Balaban J connectivity index is 0.000000100. The second-order valence-corrected chi connectivity index (χ2v) is 37.9. The molecule has 0 aliphatic carbocycles. The van der Waals surface area contributed by atoms with E-state index in [0.717, 1.165) is 222 Å². The first kappa shape index (κ1) is 89.2. The van der Waals surface area contributed by atoms with Crippen molar-refractivity contribution in [2.45, 2.75) is 0 Å². The van der Waals surface area contributed by atoms with Crippen molar-refractivity contribution in [1.29, 1.82) is 0 Å². The maximum absolute atomic E-state index is 5.14. The van der Waals surface area contributed by atoms with Gasteiger partial charge in [0.2, 0.25) is 0 Å². The molecule has 0 fully saturated rings. The zero-order chi connectivity index (χ0) is 98.9. The lowest BCUT2D eigenvalue weighted by atomic mass is 9.96. The smallest absolute Gasteiger partial charge is 0.160 e. The molecule has 0 unspecified atom stereocenters. The third-order valence-electron chi connectivity index (χ3n) is 27.6. The average Bonchev–Trinajstić information content (AvgIpc) is 1.58. The van der Waals surface area contributed by atoms with E-state index in [1.165, 1.54) is 53.2 Å². The van der Waals surface area contributed by atoms with Gasteiger partial charge in [0.1, 0.15) is 0 Å². The van der Waals surface area contributed by atoms with E-state index in [1.54, 1.807) is 36.1 Å². The van der Waals surface area contributed by atoms with Gasteiger partial charge in [0, 0.05) is 153 Å². The monoisotopic (exact) mass is 1920 g/mol. The zero-order valence-electron chi connectivity index (χ0n) is 80.3. The molecule has 14 heteroatoms. The van der Waals surface area contributed by atoms with Crippen LogP contribution in [0.15, 0.2) is 517 Å². The van der Waals surface area contributed by atoms with Gasteiger partial charge >= 0.3 is 0 Å². The third kappa shape index (κ3) is 17.9. The molecule has 13 nitrogen and oxygen atoms in total. The van der Waals surface area contributed by atoms with Crippen LogP contribution in [0.1, 0.15) is 0 Å². The van der Waals surface area contributed by atoms with Crippen LogP contribution in [0.3, 0.4) is 0 Å². The lowest BCUT2D eigenvalue weighted by Crippen LogP contribution is -1.95. The Hall–Kier alpha value is -19.9. The van der Waals surface area contributed by atoms with Gasteiger partial charge < -0.3 is 0 Å². The van der Waals surface area contributed by atoms with Gasteiger partial charge in [-0.1, -0.05) is 358 Å². The number of fused-ring (bicyclic) bond motifs is 17. The highest BCUT2D eigenvalue weighted by Gasteiger charge is 2.22. The van der Waals surface area contributed by atoms with E-state index in [1.807, 2.05) is 134 Å². The van der Waals surface area contributed by atoms with Crippen LogP contribution < -0.4 is 0 Å². The van der Waals surface area contributed by atoms with E-state index in [4.69, 9.17) is 54.8 Å². The van der Waals surface area contributed by atoms with Crippen molar-refractivity contribution >= 4 is 140 Å². The molecular formula is C135H85N13S. The first-order valence-electron chi connectivity index (χ1n) is 49.6. The van der Waals surface area contributed by atoms with Crippen molar-refractivity contribution in [2.24, 2.45) is 0 Å². The standard InChI is InChI=1S/C35H21N3S.C34H22N4.2C33H21N3/c1-2-9-22(10-3-1)32-34-33(29-15-6-7-16-31(29)39-34)38-35(37-32)25-13-8-12-23(19-25)24-17-18-28-27-14-5-4-11-26(27)21-36-30(28)20-24;1-2-7-30-28(4-1)22-37-34-19-27(8-9-31(30)34)25-5-3-6-26(18-25)29-20-32(23-10-14-35-15-11-23)38-33(21-29)24-12-16-36-17-13-24;1-2-9-22(10-3-1)32-33(36-30-16-7-6-15-29(30)35-32)25-13-8-12-23(19-25)24-17-18-28-27-14-5-4-11-26(27)21-34-31(28)20-24;1-2-9-22(10-3-1)32-29-15-6-7-16-30(29)35-33(36-32)25-13-8-12-23(19-25)24-17-18-28-27-14-5-4-11-26(27)21-34-31(28)20-24/h1-21H;1-22H;2*1-21H. The number of hydrogen-bond donors (Lipinski definition) is 0. The number of aromatic nitrogens is 13. The Kier molecular flexibility index (Phi) is 23.6. The molecule has 0 N–H and O–H groups in total. The maximum atomic E-state index is 5.14. The zero-order valence-corrected chi connectivity index (χ0v) is 81.1. The second-order valence-electron chi connectivity index (χ2n) is 36.8. The predicted octanol–water partition coefficient (Wildman–Crippen LogP) is 34.5. The molecule has 0 saturated carbocycles. The molecule has 0 amide bonds. The second kappa shape index (κ2) is 39.4. The van der Waals surface area contributed by atoms with E-state index in [9.17, 15) is 0 Å². The largest absolute Gasteiger partial charge is 0.265 e. The van der Waals surface area contributed by atoms with Crippen molar-refractivity contribution in [3.8, 4) is 146 Å². The molecule has 0 aliphatic rings. The van der Waals surface area contributed by atoms with Crippen molar-refractivity contribution in [2.75, 3.05) is 0 Å². The number of para-hydroxylation sites is 3. The molecule has 0 spiro atoms. The minimum atomic E-state index is 0.722. The molecule has 11 aromatic heterocycles. The lowest BCUT2D eigenvalue weighted by Gasteiger charge is -2.12. The number of benzene rings is 18. The number of hydrogen-bond acceptors (Lipinski definition) is 14. The SMILES string of the molecule is c1cc(-c2cc(-c3ccncc3)nc(-c3ccncc3)c2)cc(-c2ccc3c(c2)ncc2ccccc23)c1.c1ccc(-c2nc(-c3cccc(-c4ccc5c(c4)ncc4ccccc45)c3)nc3c2sc2ccccc23)cc1.c1ccc(-c2nc(-c3cccc(-c4ccc5c(c4)ncc4ccccc45)c3)nc3ccccc23)cc1.c1ccc(-c2nc3ccccc3nc2-c2cccc(-c3ccc4c(c3)ncc3ccccc34)c2)cc1. The van der Waals surface area contributed by atoms with Gasteiger partial charge in [-0.05, 0) is 186 Å². The average molecular weight is 1920 g/mol. The van der Waals surface area contributed by atoms with E-state index in [-0.39, 0.29) is 0 Å². The summed E-state index contributed by atoms with van der Waals surface area (Å²) in [4.78, 5) is 62.6. The highest BCUT2D eigenvalue weighted by Crippen LogP contribution is 2.44. The van der Waals surface area contributed by atoms with Crippen LogP contribution >= 0.6 is 11.3 Å². The minimum absolute atomic E-state index is 0.722. The van der Waals surface area contributed by atoms with E-state index >= 15 is 0 Å². The highest BCUT2D eigenvalue weighted by atomic mass is 32.1. The fraction of sp³-hybridized carbons (Fsp3) is 0. The van der Waals surface area contributed by atoms with Gasteiger partial charge in [0.15, 0.2) is 11.6 Å². The summed E-state index contributed by atoms with van der Waals surface area (Å²) in [6.45, 7) is 0. The third-order valence-corrected chi connectivity index (χ3v) is 28.8.